The predicted octanol–water partition coefficient (Wildman–Crippen LogP) is 1.44. The molecular weight excluding hydrogens is 515 g/mol. The van der Waals surface area contributed by atoms with Crippen LogP contribution in [-0.4, -0.2) is 66.9 Å². The molecule has 4 amide bonds. The van der Waals surface area contributed by atoms with E-state index in [4.69, 9.17) is 9.47 Å². The molecule has 0 saturated carbocycles. The monoisotopic (exact) mass is 550 g/mol. The summed E-state index contributed by atoms with van der Waals surface area (Å²) in [6.45, 7) is 6.47. The summed E-state index contributed by atoms with van der Waals surface area (Å²) >= 11 is 0. The van der Waals surface area contributed by atoms with Crippen LogP contribution in [0.25, 0.3) is 0 Å². The van der Waals surface area contributed by atoms with E-state index in [0.29, 0.717) is 13.0 Å². The van der Waals surface area contributed by atoms with Gasteiger partial charge >= 0.3 is 18.0 Å². The van der Waals surface area contributed by atoms with Crippen LogP contribution in [0.3, 0.4) is 0 Å². The minimum Gasteiger partial charge on any atom is -0.432 e. The molecule has 3 atom stereocenters. The zero-order valence-electron chi connectivity index (χ0n) is 22.4. The average Bonchev–Trinajstić information content (AvgIpc) is 3.26. The molecule has 1 aliphatic rings. The van der Waals surface area contributed by atoms with Gasteiger partial charge in [-0.1, -0.05) is 26.0 Å². The molecule has 0 aromatic heterocycles. The third kappa shape index (κ3) is 10.3. The topological polar surface area (TPSA) is 169 Å². The molecule has 4 N–H and O–H groups in total. The van der Waals surface area contributed by atoms with Crippen LogP contribution in [-0.2, 0) is 33.4 Å². The summed E-state index contributed by atoms with van der Waals surface area (Å²) in [4.78, 5) is 74.8. The second-order valence-electron chi connectivity index (χ2n) is 9.83. The molecule has 0 bridgehead atoms. The van der Waals surface area contributed by atoms with Crippen LogP contribution in [0.15, 0.2) is 24.3 Å². The lowest BCUT2D eigenvalue weighted by atomic mass is 9.95. The number of halogens is 1. The average molecular weight is 551 g/mol. The van der Waals surface area contributed by atoms with Crippen molar-refractivity contribution < 1.29 is 42.6 Å². The smallest absolute Gasteiger partial charge is 0.432 e. The Labute approximate surface area is 225 Å². The molecule has 0 spiro atoms. The van der Waals surface area contributed by atoms with Crippen LogP contribution in [0.1, 0.15) is 47.0 Å². The summed E-state index contributed by atoms with van der Waals surface area (Å²) in [5, 5.41) is 9.65. The van der Waals surface area contributed by atoms with E-state index in [1.54, 1.807) is 27.7 Å². The summed E-state index contributed by atoms with van der Waals surface area (Å²) in [6.07, 6.45) is -1.05. The quantitative estimate of drug-likeness (QED) is 0.224. The fraction of sp³-hybridized carbons (Fsp3) is 0.538. The van der Waals surface area contributed by atoms with Crippen LogP contribution >= 0.6 is 0 Å². The first-order chi connectivity index (χ1) is 18.4. The SMILES string of the molecule is CC(C)C[C@H](NC(=O)C(=O)Nc1ccccc1F)C(=O)NC(C[C@@H]1CCNC1=O)C(=O)COC(=O)OC(C)C. The van der Waals surface area contributed by atoms with Crippen molar-refractivity contribution in [3.8, 4) is 0 Å². The molecule has 0 aliphatic carbocycles. The number of carbonyl (C=O) groups is 6. The Kier molecular flexibility index (Phi) is 11.8. The zero-order chi connectivity index (χ0) is 29.1. The molecule has 1 aromatic rings. The van der Waals surface area contributed by atoms with Gasteiger partial charge in [-0.25, -0.2) is 9.18 Å². The van der Waals surface area contributed by atoms with Gasteiger partial charge in [0.25, 0.3) is 0 Å². The number of para-hydroxylation sites is 1. The Morgan fingerprint density at radius 2 is 1.72 bits per heavy atom. The Balaban J connectivity index is 2.12. The Hall–Kier alpha value is -4.03. The number of benzene rings is 1. The normalized spacial score (nSPS) is 16.2. The van der Waals surface area contributed by atoms with E-state index in [0.717, 1.165) is 6.07 Å². The minimum absolute atomic E-state index is 0.0604. The highest BCUT2D eigenvalue weighted by atomic mass is 19.1. The van der Waals surface area contributed by atoms with Gasteiger partial charge in [0, 0.05) is 12.5 Å². The van der Waals surface area contributed by atoms with Crippen molar-refractivity contribution in [1.82, 2.24) is 16.0 Å². The third-order valence-electron chi connectivity index (χ3n) is 5.71. The number of ketones is 1. The number of anilines is 1. The molecule has 12 nitrogen and oxygen atoms in total. The van der Waals surface area contributed by atoms with Gasteiger partial charge in [0.05, 0.1) is 17.8 Å². The van der Waals surface area contributed by atoms with E-state index in [1.807, 2.05) is 0 Å². The van der Waals surface area contributed by atoms with Gasteiger partial charge in [0.1, 0.15) is 11.9 Å². The second kappa shape index (κ2) is 14.8. The van der Waals surface area contributed by atoms with Crippen molar-refractivity contribution in [3.05, 3.63) is 30.1 Å². The van der Waals surface area contributed by atoms with Crippen molar-refractivity contribution in [2.75, 3.05) is 18.5 Å². The van der Waals surface area contributed by atoms with Crippen LogP contribution in [0.4, 0.5) is 14.9 Å². The lowest BCUT2D eigenvalue weighted by Gasteiger charge is -2.25. The Morgan fingerprint density at radius 1 is 1.03 bits per heavy atom. The van der Waals surface area contributed by atoms with E-state index >= 15 is 0 Å². The predicted molar refractivity (Wildman–Crippen MR) is 137 cm³/mol. The number of rotatable bonds is 12. The van der Waals surface area contributed by atoms with E-state index in [-0.39, 0.29) is 30.4 Å². The highest BCUT2D eigenvalue weighted by Gasteiger charge is 2.34. The largest absolute Gasteiger partial charge is 0.508 e. The molecule has 1 saturated heterocycles. The third-order valence-corrected chi connectivity index (χ3v) is 5.71. The van der Waals surface area contributed by atoms with Crippen molar-refractivity contribution in [1.29, 1.82) is 0 Å². The second-order valence-corrected chi connectivity index (χ2v) is 9.83. The molecule has 13 heteroatoms. The maximum atomic E-state index is 13.9. The fourth-order valence-corrected chi connectivity index (χ4v) is 3.82. The molecule has 1 fully saturated rings. The highest BCUT2D eigenvalue weighted by Crippen LogP contribution is 2.18. The number of hydrogen-bond acceptors (Lipinski definition) is 8. The Morgan fingerprint density at radius 3 is 2.31 bits per heavy atom. The number of ether oxygens (including phenoxy) is 2. The molecular formula is C26H35FN4O8. The number of hydrogen-bond donors (Lipinski definition) is 4. The summed E-state index contributed by atoms with van der Waals surface area (Å²) in [6, 6.07) is 2.81. The van der Waals surface area contributed by atoms with Gasteiger partial charge in [0.2, 0.25) is 11.8 Å². The first-order valence-electron chi connectivity index (χ1n) is 12.7. The lowest BCUT2D eigenvalue weighted by Crippen LogP contribution is -2.54. The van der Waals surface area contributed by atoms with Gasteiger partial charge in [-0.2, -0.15) is 0 Å². The van der Waals surface area contributed by atoms with Crippen molar-refractivity contribution >= 4 is 41.3 Å². The first kappa shape index (κ1) is 31.2. The van der Waals surface area contributed by atoms with Crippen LogP contribution in [0, 0.1) is 17.7 Å². The van der Waals surface area contributed by atoms with Crippen LogP contribution < -0.4 is 21.3 Å². The maximum Gasteiger partial charge on any atom is 0.508 e. The molecule has 2 rings (SSSR count). The van der Waals surface area contributed by atoms with E-state index in [1.165, 1.54) is 18.2 Å². The number of amides is 4. The van der Waals surface area contributed by atoms with E-state index in [9.17, 15) is 33.2 Å². The minimum atomic E-state index is -1.23. The van der Waals surface area contributed by atoms with Crippen molar-refractivity contribution in [3.63, 3.8) is 0 Å². The lowest BCUT2D eigenvalue weighted by molar-refractivity contribution is -0.138. The molecule has 214 valence electrons. The highest BCUT2D eigenvalue weighted by molar-refractivity contribution is 6.40. The Bertz CT molecular complexity index is 1080. The van der Waals surface area contributed by atoms with Gasteiger partial charge in [-0.3, -0.25) is 24.0 Å². The molecule has 1 unspecified atom stereocenters. The van der Waals surface area contributed by atoms with E-state index < -0.39 is 66.2 Å². The summed E-state index contributed by atoms with van der Waals surface area (Å²) in [5.74, 6) is -5.53. The van der Waals surface area contributed by atoms with E-state index in [2.05, 4.69) is 21.3 Å². The molecule has 39 heavy (non-hydrogen) atoms. The molecule has 1 aromatic carbocycles. The van der Waals surface area contributed by atoms with Crippen molar-refractivity contribution in [2.45, 2.75) is 65.1 Å². The molecule has 1 heterocycles. The van der Waals surface area contributed by atoms with Gasteiger partial charge in [0.15, 0.2) is 12.4 Å². The number of carbonyl (C=O) groups excluding carboxylic acids is 6. The molecule has 0 radical (unpaired) electrons. The molecule has 1 aliphatic heterocycles. The van der Waals surface area contributed by atoms with Crippen LogP contribution in [0.5, 0.6) is 0 Å². The van der Waals surface area contributed by atoms with Gasteiger partial charge < -0.3 is 30.7 Å². The maximum absolute atomic E-state index is 13.9. The summed E-state index contributed by atoms with van der Waals surface area (Å²) in [7, 11) is 0. The fourth-order valence-electron chi connectivity index (χ4n) is 3.82. The number of Topliss-reactive ketones (excluding diaryl/α,β-unsaturated/α-hetero) is 1. The summed E-state index contributed by atoms with van der Waals surface area (Å²) in [5.41, 5.74) is -0.209. The van der Waals surface area contributed by atoms with Gasteiger partial charge in [-0.15, -0.1) is 0 Å². The first-order valence-corrected chi connectivity index (χ1v) is 12.7. The number of nitrogens with one attached hydrogen (secondary N) is 4. The van der Waals surface area contributed by atoms with Crippen molar-refractivity contribution in [2.24, 2.45) is 11.8 Å². The zero-order valence-corrected chi connectivity index (χ0v) is 22.4. The van der Waals surface area contributed by atoms with Gasteiger partial charge in [-0.05, 0) is 51.2 Å². The standard InChI is InChI=1S/C26H35FN4O8/c1-14(2)11-20(31-25(36)24(35)29-18-8-6-5-7-17(18)27)23(34)30-19(12-16-9-10-28-22(16)33)21(32)13-38-26(37)39-15(3)4/h5-8,14-16,19-20H,9-13H2,1-4H3,(H,28,33)(H,29,35)(H,30,34)(H,31,36)/t16-,19?,20-/m0/s1. The summed E-state index contributed by atoms with van der Waals surface area (Å²) < 4.78 is 23.5. The van der Waals surface area contributed by atoms with Crippen LogP contribution in [0.2, 0.25) is 0 Å².